The zero-order valence-electron chi connectivity index (χ0n) is 10.1. The number of fused-ring (bicyclic) bond motifs is 1. The van der Waals surface area contributed by atoms with Crippen LogP contribution in [0.1, 0.15) is 23.2 Å². The molecule has 18 heavy (non-hydrogen) atoms. The molecule has 0 saturated carbocycles. The van der Waals surface area contributed by atoms with E-state index in [-0.39, 0.29) is 5.82 Å². The van der Waals surface area contributed by atoms with E-state index in [9.17, 15) is 4.39 Å². The standard InChI is InChI=1S/C15H15FN2/c16-13-6-2-1-4-12(13)10-17-15-9-8-11-5-3-7-14(11)18-15/h1-2,4,6,8-9H,3,5,7,10H2,(H,17,18). The van der Waals surface area contributed by atoms with E-state index < -0.39 is 0 Å². The minimum absolute atomic E-state index is 0.175. The van der Waals surface area contributed by atoms with E-state index in [1.165, 1.54) is 23.7 Å². The normalized spacial score (nSPS) is 13.4. The highest BCUT2D eigenvalue weighted by atomic mass is 19.1. The van der Waals surface area contributed by atoms with Gasteiger partial charge in [0.25, 0.3) is 0 Å². The van der Waals surface area contributed by atoms with Crippen LogP contribution in [0, 0.1) is 5.82 Å². The number of benzene rings is 1. The molecule has 2 nitrogen and oxygen atoms in total. The summed E-state index contributed by atoms with van der Waals surface area (Å²) < 4.78 is 13.5. The molecule has 1 aliphatic carbocycles. The van der Waals surface area contributed by atoms with E-state index in [0.29, 0.717) is 12.1 Å². The van der Waals surface area contributed by atoms with E-state index in [1.807, 2.05) is 12.1 Å². The van der Waals surface area contributed by atoms with Gasteiger partial charge in [0.1, 0.15) is 11.6 Å². The number of aryl methyl sites for hydroxylation is 2. The van der Waals surface area contributed by atoms with Crippen LogP contribution in [-0.4, -0.2) is 4.98 Å². The van der Waals surface area contributed by atoms with Crippen molar-refractivity contribution in [3.8, 4) is 0 Å². The van der Waals surface area contributed by atoms with Crippen LogP contribution >= 0.6 is 0 Å². The van der Waals surface area contributed by atoms with Crippen LogP contribution in [0.4, 0.5) is 10.2 Å². The molecule has 92 valence electrons. The van der Waals surface area contributed by atoms with Gasteiger partial charge in [0.2, 0.25) is 0 Å². The van der Waals surface area contributed by atoms with Crippen molar-refractivity contribution in [1.82, 2.24) is 4.98 Å². The van der Waals surface area contributed by atoms with Crippen LogP contribution < -0.4 is 5.32 Å². The van der Waals surface area contributed by atoms with Crippen LogP contribution in [0.2, 0.25) is 0 Å². The Morgan fingerprint density at radius 2 is 2.00 bits per heavy atom. The van der Waals surface area contributed by atoms with Gasteiger partial charge in [0.15, 0.2) is 0 Å². The SMILES string of the molecule is Fc1ccccc1CNc1ccc2c(n1)CCC2. The lowest BCUT2D eigenvalue weighted by atomic mass is 10.2. The maximum absolute atomic E-state index is 13.5. The number of nitrogens with one attached hydrogen (secondary N) is 1. The Morgan fingerprint density at radius 3 is 2.89 bits per heavy atom. The van der Waals surface area contributed by atoms with Gasteiger partial charge in [0, 0.05) is 17.8 Å². The second-order valence-electron chi connectivity index (χ2n) is 4.60. The number of hydrogen-bond donors (Lipinski definition) is 1. The number of hydrogen-bond acceptors (Lipinski definition) is 2. The maximum Gasteiger partial charge on any atom is 0.128 e. The number of pyridine rings is 1. The molecular formula is C15H15FN2. The molecule has 1 aromatic heterocycles. The van der Waals surface area contributed by atoms with Crippen molar-refractivity contribution in [3.63, 3.8) is 0 Å². The van der Waals surface area contributed by atoms with Crippen molar-refractivity contribution in [3.05, 3.63) is 59.0 Å². The number of anilines is 1. The van der Waals surface area contributed by atoms with Crippen molar-refractivity contribution in [1.29, 1.82) is 0 Å². The molecule has 1 heterocycles. The van der Waals surface area contributed by atoms with Crippen molar-refractivity contribution >= 4 is 5.82 Å². The smallest absolute Gasteiger partial charge is 0.128 e. The van der Waals surface area contributed by atoms with Gasteiger partial charge >= 0.3 is 0 Å². The summed E-state index contributed by atoms with van der Waals surface area (Å²) in [6, 6.07) is 10.9. The summed E-state index contributed by atoms with van der Waals surface area (Å²) in [4.78, 5) is 4.56. The van der Waals surface area contributed by atoms with Gasteiger partial charge in [-0.3, -0.25) is 0 Å². The summed E-state index contributed by atoms with van der Waals surface area (Å²) in [5.74, 6) is 0.657. The molecule has 1 aromatic carbocycles. The van der Waals surface area contributed by atoms with Crippen LogP contribution in [0.15, 0.2) is 36.4 Å². The van der Waals surface area contributed by atoms with Crippen molar-refractivity contribution < 1.29 is 4.39 Å². The lowest BCUT2D eigenvalue weighted by molar-refractivity contribution is 0.613. The average molecular weight is 242 g/mol. The van der Waals surface area contributed by atoms with E-state index in [4.69, 9.17) is 0 Å². The summed E-state index contributed by atoms with van der Waals surface area (Å²) in [7, 11) is 0. The minimum atomic E-state index is -0.175. The van der Waals surface area contributed by atoms with E-state index in [1.54, 1.807) is 12.1 Å². The third-order valence-corrected chi connectivity index (χ3v) is 3.35. The first-order valence-electron chi connectivity index (χ1n) is 6.29. The second kappa shape index (κ2) is 4.77. The van der Waals surface area contributed by atoms with Gasteiger partial charge < -0.3 is 5.32 Å². The van der Waals surface area contributed by atoms with Crippen LogP contribution in [0.25, 0.3) is 0 Å². The predicted octanol–water partition coefficient (Wildman–Crippen LogP) is 3.32. The lowest BCUT2D eigenvalue weighted by Crippen LogP contribution is -2.04. The van der Waals surface area contributed by atoms with Crippen LogP contribution in [-0.2, 0) is 19.4 Å². The largest absolute Gasteiger partial charge is 0.366 e. The Hall–Kier alpha value is -1.90. The summed E-state index contributed by atoms with van der Waals surface area (Å²) in [6.07, 6.45) is 3.39. The molecule has 0 saturated heterocycles. The zero-order chi connectivity index (χ0) is 12.4. The highest BCUT2D eigenvalue weighted by molar-refractivity contribution is 5.41. The third-order valence-electron chi connectivity index (χ3n) is 3.35. The Kier molecular flexibility index (Phi) is 2.97. The lowest BCUT2D eigenvalue weighted by Gasteiger charge is -2.08. The minimum Gasteiger partial charge on any atom is -0.366 e. The second-order valence-corrected chi connectivity index (χ2v) is 4.60. The van der Waals surface area contributed by atoms with E-state index in [2.05, 4.69) is 16.4 Å². The number of aromatic nitrogens is 1. The molecule has 0 fully saturated rings. The Balaban J connectivity index is 1.72. The molecule has 1 N–H and O–H groups in total. The molecule has 0 unspecified atom stereocenters. The summed E-state index contributed by atoms with van der Waals surface area (Å²) in [5, 5.41) is 3.18. The molecule has 0 spiro atoms. The molecular weight excluding hydrogens is 227 g/mol. The number of nitrogens with zero attached hydrogens (tertiary/aromatic N) is 1. The molecule has 0 bridgehead atoms. The van der Waals surface area contributed by atoms with Gasteiger partial charge in [0.05, 0.1) is 0 Å². The molecule has 0 radical (unpaired) electrons. The van der Waals surface area contributed by atoms with E-state index >= 15 is 0 Å². The molecule has 0 aliphatic heterocycles. The Morgan fingerprint density at radius 1 is 1.11 bits per heavy atom. The first-order valence-corrected chi connectivity index (χ1v) is 6.29. The van der Waals surface area contributed by atoms with Gasteiger partial charge in [-0.2, -0.15) is 0 Å². The fourth-order valence-corrected chi connectivity index (χ4v) is 2.35. The van der Waals surface area contributed by atoms with Gasteiger partial charge in [-0.1, -0.05) is 24.3 Å². The predicted molar refractivity (Wildman–Crippen MR) is 70.0 cm³/mol. The fourth-order valence-electron chi connectivity index (χ4n) is 2.35. The van der Waals surface area contributed by atoms with Crippen molar-refractivity contribution in [2.24, 2.45) is 0 Å². The Bertz CT molecular complexity index is 566. The highest BCUT2D eigenvalue weighted by Gasteiger charge is 2.12. The van der Waals surface area contributed by atoms with Crippen molar-refractivity contribution in [2.45, 2.75) is 25.8 Å². The molecule has 3 heteroatoms. The highest BCUT2D eigenvalue weighted by Crippen LogP contribution is 2.21. The van der Waals surface area contributed by atoms with Gasteiger partial charge in [-0.25, -0.2) is 9.37 Å². The first-order chi connectivity index (χ1) is 8.83. The zero-order valence-corrected chi connectivity index (χ0v) is 10.1. The van der Waals surface area contributed by atoms with Gasteiger partial charge in [-0.05, 0) is 37.0 Å². The number of rotatable bonds is 3. The van der Waals surface area contributed by atoms with Crippen LogP contribution in [0.5, 0.6) is 0 Å². The summed E-state index contributed by atoms with van der Waals surface area (Å²) >= 11 is 0. The quantitative estimate of drug-likeness (QED) is 0.893. The van der Waals surface area contributed by atoms with Gasteiger partial charge in [-0.15, -0.1) is 0 Å². The maximum atomic E-state index is 13.5. The van der Waals surface area contributed by atoms with Crippen LogP contribution in [0.3, 0.4) is 0 Å². The topological polar surface area (TPSA) is 24.9 Å². The Labute approximate surface area is 106 Å². The molecule has 3 rings (SSSR count). The average Bonchev–Trinajstić information content (AvgIpc) is 2.85. The summed E-state index contributed by atoms with van der Waals surface area (Å²) in [5.41, 5.74) is 3.21. The molecule has 0 amide bonds. The monoisotopic (exact) mass is 242 g/mol. The molecule has 0 atom stereocenters. The molecule has 2 aromatic rings. The van der Waals surface area contributed by atoms with E-state index in [0.717, 1.165) is 18.7 Å². The number of halogens is 1. The molecule has 1 aliphatic rings. The first kappa shape index (κ1) is 11.2. The fraction of sp³-hybridized carbons (Fsp3) is 0.267. The third kappa shape index (κ3) is 2.21. The summed E-state index contributed by atoms with van der Waals surface area (Å²) in [6.45, 7) is 0.471. The van der Waals surface area contributed by atoms with Crippen molar-refractivity contribution in [2.75, 3.05) is 5.32 Å².